The molecule has 6 unspecified atom stereocenters. The van der Waals surface area contributed by atoms with E-state index in [2.05, 4.69) is 27.7 Å². The highest BCUT2D eigenvalue weighted by Gasteiger charge is 2.60. The van der Waals surface area contributed by atoms with Crippen LogP contribution in [-0.4, -0.2) is 12.6 Å². The van der Waals surface area contributed by atoms with Gasteiger partial charge in [0.05, 0.1) is 6.61 Å². The summed E-state index contributed by atoms with van der Waals surface area (Å²) in [5.74, 6) is 5.44. The molecule has 0 aromatic carbocycles. The average Bonchev–Trinajstić information content (AvgIpc) is 3.14. The van der Waals surface area contributed by atoms with Crippen LogP contribution in [0.4, 0.5) is 0 Å². The lowest BCUT2D eigenvalue weighted by Crippen LogP contribution is -2.53. The Morgan fingerprint density at radius 2 is 1.72 bits per heavy atom. The van der Waals surface area contributed by atoms with Gasteiger partial charge in [-0.05, 0) is 111 Å². The number of ether oxygens (including phenoxy) is 1. The number of rotatable bonds is 9. The Bertz CT molecular complexity index is 628. The molecule has 4 aliphatic rings. The molecule has 2 heteroatoms. The van der Waals surface area contributed by atoms with Gasteiger partial charge in [-0.15, -0.1) is 0 Å². The molecule has 8 atom stereocenters. The summed E-state index contributed by atoms with van der Waals surface area (Å²) in [5.41, 5.74) is 1.16. The van der Waals surface area contributed by atoms with Gasteiger partial charge in [0, 0.05) is 6.42 Å². The van der Waals surface area contributed by atoms with Crippen molar-refractivity contribution < 1.29 is 9.53 Å². The Labute approximate surface area is 199 Å². The molecule has 0 amide bonds. The highest BCUT2D eigenvalue weighted by atomic mass is 16.5. The molecule has 0 aromatic heterocycles. The van der Waals surface area contributed by atoms with Gasteiger partial charge in [0.2, 0.25) is 0 Å². The van der Waals surface area contributed by atoms with Crippen LogP contribution in [0.3, 0.4) is 0 Å². The smallest absolute Gasteiger partial charge is 0.305 e. The molecule has 4 saturated carbocycles. The van der Waals surface area contributed by atoms with Gasteiger partial charge in [-0.3, -0.25) is 4.79 Å². The quantitative estimate of drug-likeness (QED) is 0.263. The summed E-state index contributed by atoms with van der Waals surface area (Å²) in [4.78, 5) is 12.3. The molecule has 184 valence electrons. The number of unbranched alkanes of at least 4 members (excludes halogenated alkanes) is 3. The molecule has 0 N–H and O–H groups in total. The lowest BCUT2D eigenvalue weighted by molar-refractivity contribution is -0.144. The molecular formula is C30H52O2. The normalized spacial score (nSPS) is 41.9. The molecule has 4 fully saturated rings. The number of carbonyl (C=O) groups is 1. The lowest BCUT2D eigenvalue weighted by atomic mass is 9.44. The summed E-state index contributed by atoms with van der Waals surface area (Å²) in [6, 6.07) is 0. The summed E-state index contributed by atoms with van der Waals surface area (Å²) in [6.07, 6.45) is 21.1. The zero-order valence-corrected chi connectivity index (χ0v) is 21.8. The highest BCUT2D eigenvalue weighted by molar-refractivity contribution is 5.69. The van der Waals surface area contributed by atoms with E-state index in [1.807, 2.05) is 0 Å². The van der Waals surface area contributed by atoms with E-state index in [1.54, 1.807) is 0 Å². The van der Waals surface area contributed by atoms with E-state index in [4.69, 9.17) is 4.74 Å². The molecule has 0 saturated heterocycles. The Balaban J connectivity index is 1.31. The minimum absolute atomic E-state index is 0.0419. The third-order valence-electron chi connectivity index (χ3n) is 11.4. The van der Waals surface area contributed by atoms with Crippen molar-refractivity contribution in [2.75, 3.05) is 6.61 Å². The predicted octanol–water partition coefficient (Wildman–Crippen LogP) is 8.58. The Morgan fingerprint density at radius 1 is 0.906 bits per heavy atom. The first-order valence-corrected chi connectivity index (χ1v) is 14.6. The number of carbonyl (C=O) groups excluding carboxylic acids is 1. The van der Waals surface area contributed by atoms with Crippen LogP contribution in [-0.2, 0) is 9.53 Å². The first-order chi connectivity index (χ1) is 15.4. The number of hydrogen-bond acceptors (Lipinski definition) is 2. The van der Waals surface area contributed by atoms with Crippen LogP contribution in [0.5, 0.6) is 0 Å². The Morgan fingerprint density at radius 3 is 2.53 bits per heavy atom. The predicted molar refractivity (Wildman–Crippen MR) is 133 cm³/mol. The molecule has 0 radical (unpaired) electrons. The second-order valence-electron chi connectivity index (χ2n) is 12.9. The second kappa shape index (κ2) is 10.4. The first-order valence-electron chi connectivity index (χ1n) is 14.6. The van der Waals surface area contributed by atoms with Crippen molar-refractivity contribution in [2.24, 2.45) is 46.3 Å². The van der Waals surface area contributed by atoms with Crippen LogP contribution in [0.2, 0.25) is 0 Å². The first kappa shape index (κ1) is 24.6. The number of esters is 1. The molecule has 0 aliphatic heterocycles. The minimum Gasteiger partial charge on any atom is -0.466 e. The molecule has 4 rings (SSSR count). The van der Waals surface area contributed by atoms with Crippen molar-refractivity contribution in [3.63, 3.8) is 0 Å². The lowest BCUT2D eigenvalue weighted by Gasteiger charge is -2.61. The van der Waals surface area contributed by atoms with Gasteiger partial charge in [-0.1, -0.05) is 59.8 Å². The van der Waals surface area contributed by atoms with Gasteiger partial charge in [-0.25, -0.2) is 0 Å². The third kappa shape index (κ3) is 4.68. The third-order valence-corrected chi connectivity index (χ3v) is 11.4. The Hall–Kier alpha value is -0.530. The molecule has 32 heavy (non-hydrogen) atoms. The number of fused-ring (bicyclic) bond motifs is 5. The number of hydrogen-bond donors (Lipinski definition) is 0. The summed E-state index contributed by atoms with van der Waals surface area (Å²) < 4.78 is 5.53. The fraction of sp³-hybridized carbons (Fsp3) is 0.967. The zero-order valence-electron chi connectivity index (χ0n) is 21.8. The molecular weight excluding hydrogens is 392 g/mol. The summed E-state index contributed by atoms with van der Waals surface area (Å²) in [6.45, 7) is 10.6. The Kier molecular flexibility index (Phi) is 7.98. The van der Waals surface area contributed by atoms with E-state index in [0.717, 1.165) is 42.4 Å². The van der Waals surface area contributed by atoms with Crippen LogP contribution >= 0.6 is 0 Å². The monoisotopic (exact) mass is 444 g/mol. The highest BCUT2D eigenvalue weighted by Crippen LogP contribution is 2.68. The van der Waals surface area contributed by atoms with Gasteiger partial charge in [0.25, 0.3) is 0 Å². The van der Waals surface area contributed by atoms with E-state index in [0.29, 0.717) is 29.8 Å². The second-order valence-corrected chi connectivity index (χ2v) is 12.9. The maximum atomic E-state index is 12.3. The fourth-order valence-corrected chi connectivity index (χ4v) is 9.60. The summed E-state index contributed by atoms with van der Waals surface area (Å²) in [7, 11) is 0. The molecule has 4 aliphatic carbocycles. The van der Waals surface area contributed by atoms with Crippen molar-refractivity contribution in [1.29, 1.82) is 0 Å². The largest absolute Gasteiger partial charge is 0.466 e. The molecule has 0 bridgehead atoms. The van der Waals surface area contributed by atoms with Crippen molar-refractivity contribution in [2.45, 2.75) is 130 Å². The van der Waals surface area contributed by atoms with Gasteiger partial charge in [-0.2, -0.15) is 0 Å². The van der Waals surface area contributed by atoms with E-state index in [-0.39, 0.29) is 5.97 Å². The SMILES string of the molecule is CCCCCCOC(=O)CC[C@@H](C)C1CCC2C3CCC4CCCCC4(C)C3CC[C@@]21C. The van der Waals surface area contributed by atoms with Crippen molar-refractivity contribution in [3.05, 3.63) is 0 Å². The van der Waals surface area contributed by atoms with Gasteiger partial charge in [0.15, 0.2) is 0 Å². The van der Waals surface area contributed by atoms with E-state index in [9.17, 15) is 4.79 Å². The van der Waals surface area contributed by atoms with Crippen LogP contribution < -0.4 is 0 Å². The van der Waals surface area contributed by atoms with E-state index < -0.39 is 0 Å². The molecule has 0 heterocycles. The van der Waals surface area contributed by atoms with Crippen LogP contribution in [0.1, 0.15) is 130 Å². The van der Waals surface area contributed by atoms with Crippen molar-refractivity contribution in [1.82, 2.24) is 0 Å². The van der Waals surface area contributed by atoms with Gasteiger partial charge >= 0.3 is 5.97 Å². The molecule has 2 nitrogen and oxygen atoms in total. The van der Waals surface area contributed by atoms with E-state index >= 15 is 0 Å². The van der Waals surface area contributed by atoms with Crippen LogP contribution in [0, 0.1) is 46.3 Å². The maximum absolute atomic E-state index is 12.3. The van der Waals surface area contributed by atoms with Crippen LogP contribution in [0.25, 0.3) is 0 Å². The molecule has 0 spiro atoms. The maximum Gasteiger partial charge on any atom is 0.305 e. The van der Waals surface area contributed by atoms with Crippen molar-refractivity contribution >= 4 is 5.97 Å². The minimum atomic E-state index is 0.0419. The average molecular weight is 445 g/mol. The standard InChI is InChI=1S/C30H52O2/c1-5-6-7-10-21-32-28(31)17-12-22(2)25-15-16-26-24-14-13-23-11-8-9-19-29(23,3)27(24)18-20-30(25,26)4/h22-27H,5-21H2,1-4H3/t22-,23?,24?,25?,26?,27?,29?,30-/m1/s1. The molecule has 0 aromatic rings. The summed E-state index contributed by atoms with van der Waals surface area (Å²) in [5, 5.41) is 0. The zero-order chi connectivity index (χ0) is 22.8. The topological polar surface area (TPSA) is 26.3 Å². The van der Waals surface area contributed by atoms with Gasteiger partial charge in [0.1, 0.15) is 0 Å². The van der Waals surface area contributed by atoms with Crippen molar-refractivity contribution in [3.8, 4) is 0 Å². The van der Waals surface area contributed by atoms with Crippen LogP contribution in [0.15, 0.2) is 0 Å². The van der Waals surface area contributed by atoms with E-state index in [1.165, 1.54) is 83.5 Å². The summed E-state index contributed by atoms with van der Waals surface area (Å²) >= 11 is 0. The van der Waals surface area contributed by atoms with Gasteiger partial charge < -0.3 is 4.74 Å². The fourth-order valence-electron chi connectivity index (χ4n) is 9.60.